The van der Waals surface area contributed by atoms with E-state index in [-0.39, 0.29) is 17.3 Å². The molecular formula is C17H14F3N3O5. The van der Waals surface area contributed by atoms with Crippen molar-refractivity contribution < 1.29 is 38.0 Å². The molecule has 3 aromatic rings. The molecule has 0 amide bonds. The fourth-order valence-corrected chi connectivity index (χ4v) is 2.20. The molecule has 0 bridgehead atoms. The van der Waals surface area contributed by atoms with Gasteiger partial charge in [0.1, 0.15) is 5.75 Å². The Bertz CT molecular complexity index is 994. The summed E-state index contributed by atoms with van der Waals surface area (Å²) in [6, 6.07) is 9.36. The van der Waals surface area contributed by atoms with E-state index < -0.39 is 17.9 Å². The molecule has 8 nitrogen and oxygen atoms in total. The molecule has 0 radical (unpaired) electrons. The van der Waals surface area contributed by atoms with E-state index in [1.807, 2.05) is 0 Å². The summed E-state index contributed by atoms with van der Waals surface area (Å²) in [5, 5.41) is 32.3. The molecule has 4 N–H and O–H groups in total. The number of halogens is 3. The van der Waals surface area contributed by atoms with Gasteiger partial charge in [-0.3, -0.25) is 0 Å². The zero-order valence-corrected chi connectivity index (χ0v) is 14.2. The van der Waals surface area contributed by atoms with Gasteiger partial charge in [0.2, 0.25) is 5.88 Å². The molecule has 0 aliphatic rings. The van der Waals surface area contributed by atoms with E-state index in [0.717, 1.165) is 12.1 Å². The monoisotopic (exact) mass is 397 g/mol. The Morgan fingerprint density at radius 2 is 1.68 bits per heavy atom. The number of hydrogen-bond donors (Lipinski definition) is 4. The number of fused-ring (bicyclic) bond motifs is 1. The lowest BCUT2D eigenvalue weighted by molar-refractivity contribution is -0.137. The molecule has 0 spiro atoms. The lowest BCUT2D eigenvalue weighted by atomic mass is 10.2. The van der Waals surface area contributed by atoms with Crippen LogP contribution in [0.3, 0.4) is 0 Å². The van der Waals surface area contributed by atoms with E-state index in [4.69, 9.17) is 19.7 Å². The molecule has 28 heavy (non-hydrogen) atoms. The molecule has 1 heterocycles. The molecule has 148 valence electrons. The van der Waals surface area contributed by atoms with Crippen LogP contribution in [0.15, 0.2) is 52.7 Å². The number of carbonyl (C=O) groups is 1. The smallest absolute Gasteiger partial charge is 0.497 e. The topological polar surface area (TPSA) is 128 Å². The van der Waals surface area contributed by atoms with Gasteiger partial charge < -0.3 is 25.0 Å². The van der Waals surface area contributed by atoms with Crippen LogP contribution < -0.4 is 4.74 Å². The second kappa shape index (κ2) is 8.29. The largest absolute Gasteiger partial charge is 0.503 e. The van der Waals surface area contributed by atoms with Gasteiger partial charge in [-0.25, -0.2) is 4.79 Å². The third-order valence-corrected chi connectivity index (χ3v) is 3.42. The minimum atomic E-state index is -4.40. The van der Waals surface area contributed by atoms with Crippen LogP contribution in [-0.2, 0) is 6.18 Å². The minimum absolute atomic E-state index is 0.186. The highest BCUT2D eigenvalue weighted by Crippen LogP contribution is 2.38. The van der Waals surface area contributed by atoms with Gasteiger partial charge >= 0.3 is 12.3 Å². The fraction of sp³-hybridized carbons (Fsp3) is 0.118. The van der Waals surface area contributed by atoms with Crippen molar-refractivity contribution in [3.63, 3.8) is 0 Å². The summed E-state index contributed by atoms with van der Waals surface area (Å²) >= 11 is 0. The highest BCUT2D eigenvalue weighted by molar-refractivity contribution is 5.94. The predicted molar refractivity (Wildman–Crippen MR) is 92.8 cm³/mol. The number of benzene rings is 2. The molecule has 0 atom stereocenters. The second-order valence-electron chi connectivity index (χ2n) is 5.26. The molecule has 0 aliphatic carbocycles. The highest BCUT2D eigenvalue weighted by atomic mass is 19.4. The number of aromatic amines is 1. The van der Waals surface area contributed by atoms with Gasteiger partial charge in [0.15, 0.2) is 5.69 Å². The van der Waals surface area contributed by atoms with Crippen LogP contribution in [0.4, 0.5) is 29.3 Å². The number of aromatic nitrogens is 1. The first-order valence-electron chi connectivity index (χ1n) is 7.51. The molecule has 0 unspecified atom stereocenters. The van der Waals surface area contributed by atoms with Crippen LogP contribution in [0.5, 0.6) is 11.6 Å². The van der Waals surface area contributed by atoms with Crippen molar-refractivity contribution in [3.8, 4) is 11.6 Å². The molecule has 0 fully saturated rings. The molecule has 0 saturated heterocycles. The molecule has 0 saturated carbocycles. The van der Waals surface area contributed by atoms with E-state index >= 15 is 0 Å². The van der Waals surface area contributed by atoms with Crippen molar-refractivity contribution in [2.45, 2.75) is 6.18 Å². The number of azo groups is 1. The first-order chi connectivity index (χ1) is 13.1. The van der Waals surface area contributed by atoms with Gasteiger partial charge in [-0.2, -0.15) is 18.3 Å². The Labute approximate surface area is 155 Å². The molecule has 11 heteroatoms. The summed E-state index contributed by atoms with van der Waals surface area (Å²) in [6.45, 7) is 0. The SMILES string of the molecule is COc1ccc2c(N=Nc3ccc(C(F)(F)F)cc3)c(O)[nH]c2c1.O=C(O)O. The summed E-state index contributed by atoms with van der Waals surface area (Å²) < 4.78 is 42.6. The first-order valence-corrected chi connectivity index (χ1v) is 7.51. The third-order valence-electron chi connectivity index (χ3n) is 3.42. The molecule has 1 aromatic heterocycles. The van der Waals surface area contributed by atoms with Gasteiger partial charge in [0, 0.05) is 11.5 Å². The molecule has 0 aliphatic heterocycles. The van der Waals surface area contributed by atoms with Crippen LogP contribution in [0, 0.1) is 0 Å². The molecule has 3 rings (SSSR count). The van der Waals surface area contributed by atoms with E-state index in [0.29, 0.717) is 16.7 Å². The zero-order chi connectivity index (χ0) is 20.9. The van der Waals surface area contributed by atoms with Gasteiger partial charge in [0.25, 0.3) is 0 Å². The van der Waals surface area contributed by atoms with Gasteiger partial charge in [-0.15, -0.1) is 5.11 Å². The van der Waals surface area contributed by atoms with Crippen molar-refractivity contribution in [1.82, 2.24) is 4.98 Å². The number of ether oxygens (including phenoxy) is 1. The maximum atomic E-state index is 12.5. The Kier molecular flexibility index (Phi) is 6.08. The van der Waals surface area contributed by atoms with Crippen LogP contribution in [0.25, 0.3) is 10.9 Å². The maximum absolute atomic E-state index is 12.5. The van der Waals surface area contributed by atoms with E-state index in [2.05, 4.69) is 15.2 Å². The summed E-state index contributed by atoms with van der Waals surface area (Å²) in [6.07, 6.45) is -6.23. The Balaban J connectivity index is 0.000000640. The number of H-pyrrole nitrogens is 1. The van der Waals surface area contributed by atoms with Crippen molar-refractivity contribution in [2.75, 3.05) is 7.11 Å². The van der Waals surface area contributed by atoms with Crippen LogP contribution in [0.2, 0.25) is 0 Å². The maximum Gasteiger partial charge on any atom is 0.503 e. The summed E-state index contributed by atoms with van der Waals surface area (Å²) in [5.74, 6) is 0.420. The van der Waals surface area contributed by atoms with Crippen molar-refractivity contribution in [3.05, 3.63) is 48.0 Å². The zero-order valence-electron chi connectivity index (χ0n) is 14.2. The minimum Gasteiger partial charge on any atom is -0.497 e. The number of nitrogens with one attached hydrogen (secondary N) is 1. The van der Waals surface area contributed by atoms with E-state index in [9.17, 15) is 18.3 Å². The second-order valence-corrected chi connectivity index (χ2v) is 5.26. The number of hydrogen-bond acceptors (Lipinski definition) is 5. The summed E-state index contributed by atoms with van der Waals surface area (Å²) in [4.78, 5) is 11.3. The van der Waals surface area contributed by atoms with Crippen molar-refractivity contribution in [2.24, 2.45) is 10.2 Å². The van der Waals surface area contributed by atoms with Gasteiger partial charge in [-0.1, -0.05) is 0 Å². The number of methoxy groups -OCH3 is 1. The van der Waals surface area contributed by atoms with Crippen molar-refractivity contribution >= 4 is 28.4 Å². The lowest BCUT2D eigenvalue weighted by Crippen LogP contribution is -2.03. The third kappa shape index (κ3) is 5.13. The highest BCUT2D eigenvalue weighted by Gasteiger charge is 2.29. The van der Waals surface area contributed by atoms with Crippen LogP contribution in [-0.4, -0.2) is 33.6 Å². The number of rotatable bonds is 3. The molecular weight excluding hydrogens is 383 g/mol. The number of nitrogens with zero attached hydrogens (tertiary/aromatic N) is 2. The molecule has 2 aromatic carbocycles. The average molecular weight is 397 g/mol. The van der Waals surface area contributed by atoms with Crippen molar-refractivity contribution in [1.29, 1.82) is 0 Å². The van der Waals surface area contributed by atoms with Crippen LogP contribution in [0.1, 0.15) is 5.56 Å². The number of alkyl halides is 3. The quantitative estimate of drug-likeness (QED) is 0.432. The number of carboxylic acid groups (broad SMARTS) is 2. The summed E-state index contributed by atoms with van der Waals surface area (Å²) in [7, 11) is 1.52. The van der Waals surface area contributed by atoms with E-state index in [1.165, 1.54) is 19.2 Å². The Morgan fingerprint density at radius 1 is 1.07 bits per heavy atom. The normalized spacial score (nSPS) is 11.3. The van der Waals surface area contributed by atoms with E-state index in [1.54, 1.807) is 18.2 Å². The summed E-state index contributed by atoms with van der Waals surface area (Å²) in [5.41, 5.74) is 0.287. The standard InChI is InChI=1S/C16H12F3N3O2.CH2O3/c1-24-11-6-7-12-13(8-11)20-15(23)14(12)22-21-10-4-2-9(3-5-10)16(17,18)19;2-1(3)4/h2-8,20,23H,1H3;(H2,2,3,4). The predicted octanol–water partition coefficient (Wildman–Crippen LogP) is 5.54. The lowest BCUT2D eigenvalue weighted by Gasteiger charge is -2.05. The number of aromatic hydroxyl groups is 1. The van der Waals surface area contributed by atoms with Gasteiger partial charge in [-0.05, 0) is 36.4 Å². The first kappa shape index (κ1) is 20.6. The Hall–Kier alpha value is -3.76. The van der Waals surface area contributed by atoms with Gasteiger partial charge in [0.05, 0.1) is 23.9 Å². The fourth-order valence-electron chi connectivity index (χ4n) is 2.20. The Morgan fingerprint density at radius 3 is 2.21 bits per heavy atom. The van der Waals surface area contributed by atoms with Crippen LogP contribution >= 0.6 is 0 Å². The average Bonchev–Trinajstić information content (AvgIpc) is 2.93.